The molecule has 1 saturated heterocycles. The van der Waals surface area contributed by atoms with E-state index in [1.807, 2.05) is 6.92 Å². The highest BCUT2D eigenvalue weighted by molar-refractivity contribution is 8.04. The highest BCUT2D eigenvalue weighted by atomic mass is 32.2. The number of ether oxygens (including phenoxy) is 2. The number of carbonyl (C=O) groups is 3. The molecule has 0 aromatic heterocycles. The lowest BCUT2D eigenvalue weighted by Gasteiger charge is -2.19. The van der Waals surface area contributed by atoms with Gasteiger partial charge in [0.2, 0.25) is 5.91 Å². The van der Waals surface area contributed by atoms with Crippen molar-refractivity contribution in [2.24, 2.45) is 0 Å². The summed E-state index contributed by atoms with van der Waals surface area (Å²) in [5.41, 5.74) is 1.27. The minimum absolute atomic E-state index is 0.0614. The second kappa shape index (κ2) is 8.71. The average molecular weight is 363 g/mol. The molecule has 1 aliphatic rings. The largest absolute Gasteiger partial charge is 0.494 e. The zero-order chi connectivity index (χ0) is 18.4. The number of benzene rings is 1. The SMILES string of the molecule is CCOC(=O)/C=C1/SCC(=O)N1Cc1cc(C(C)=O)ccc1OCC. The highest BCUT2D eigenvalue weighted by Gasteiger charge is 2.28. The molecule has 2 rings (SSSR count). The van der Waals surface area contributed by atoms with Crippen molar-refractivity contribution in [2.45, 2.75) is 27.3 Å². The van der Waals surface area contributed by atoms with Gasteiger partial charge in [0.25, 0.3) is 0 Å². The van der Waals surface area contributed by atoms with Gasteiger partial charge in [0.15, 0.2) is 5.78 Å². The molecule has 1 aromatic rings. The van der Waals surface area contributed by atoms with E-state index in [1.54, 1.807) is 25.1 Å². The molecule has 0 atom stereocenters. The predicted octanol–water partition coefficient (Wildman–Crippen LogP) is 2.77. The van der Waals surface area contributed by atoms with Crippen LogP contribution >= 0.6 is 11.8 Å². The molecule has 1 aliphatic heterocycles. The number of ketones is 1. The zero-order valence-corrected chi connectivity index (χ0v) is 15.4. The topological polar surface area (TPSA) is 72.9 Å². The minimum atomic E-state index is -0.479. The molecule has 0 bridgehead atoms. The fourth-order valence-electron chi connectivity index (χ4n) is 2.37. The van der Waals surface area contributed by atoms with Crippen LogP contribution in [-0.2, 0) is 20.9 Å². The Morgan fingerprint density at radius 1 is 1.28 bits per heavy atom. The normalized spacial score (nSPS) is 15.6. The molecule has 1 aromatic carbocycles. The number of thioether (sulfide) groups is 1. The zero-order valence-electron chi connectivity index (χ0n) is 14.5. The first kappa shape index (κ1) is 19.1. The van der Waals surface area contributed by atoms with E-state index < -0.39 is 5.97 Å². The van der Waals surface area contributed by atoms with Crippen LogP contribution in [-0.4, -0.2) is 41.5 Å². The summed E-state index contributed by atoms with van der Waals surface area (Å²) in [6.45, 7) is 6.06. The quantitative estimate of drug-likeness (QED) is 0.421. The van der Waals surface area contributed by atoms with Crippen LogP contribution in [0.15, 0.2) is 29.3 Å². The van der Waals surface area contributed by atoms with Crippen molar-refractivity contribution < 1.29 is 23.9 Å². The van der Waals surface area contributed by atoms with Crippen LogP contribution in [0.2, 0.25) is 0 Å². The lowest BCUT2D eigenvalue weighted by atomic mass is 10.1. The Balaban J connectivity index is 2.31. The maximum Gasteiger partial charge on any atom is 0.333 e. The molecule has 0 aliphatic carbocycles. The van der Waals surface area contributed by atoms with Gasteiger partial charge >= 0.3 is 5.97 Å². The van der Waals surface area contributed by atoms with Crippen LogP contribution < -0.4 is 4.74 Å². The number of Topliss-reactive ketones (excluding diaryl/α,β-unsaturated/α-hetero) is 1. The molecule has 6 nitrogen and oxygen atoms in total. The van der Waals surface area contributed by atoms with E-state index in [0.29, 0.717) is 22.9 Å². The van der Waals surface area contributed by atoms with E-state index in [4.69, 9.17) is 9.47 Å². The van der Waals surface area contributed by atoms with Gasteiger partial charge in [-0.15, -0.1) is 0 Å². The van der Waals surface area contributed by atoms with Crippen molar-refractivity contribution in [3.05, 3.63) is 40.4 Å². The van der Waals surface area contributed by atoms with Gasteiger partial charge in [0, 0.05) is 11.1 Å². The van der Waals surface area contributed by atoms with Gasteiger partial charge in [-0.05, 0) is 39.0 Å². The Labute approximate surface area is 151 Å². The van der Waals surface area contributed by atoms with Crippen molar-refractivity contribution in [3.63, 3.8) is 0 Å². The summed E-state index contributed by atoms with van der Waals surface area (Å²) in [4.78, 5) is 37.1. The molecule has 1 fully saturated rings. The molecule has 0 radical (unpaired) electrons. The van der Waals surface area contributed by atoms with E-state index in [2.05, 4.69) is 0 Å². The summed E-state index contributed by atoms with van der Waals surface area (Å²) in [7, 11) is 0. The molecule has 25 heavy (non-hydrogen) atoms. The highest BCUT2D eigenvalue weighted by Crippen LogP contribution is 2.32. The van der Waals surface area contributed by atoms with Crippen molar-refractivity contribution in [2.75, 3.05) is 19.0 Å². The Hall–Kier alpha value is -2.28. The predicted molar refractivity (Wildman–Crippen MR) is 95.3 cm³/mol. The van der Waals surface area contributed by atoms with Crippen LogP contribution in [0.4, 0.5) is 0 Å². The van der Waals surface area contributed by atoms with Crippen molar-refractivity contribution in [3.8, 4) is 5.75 Å². The number of amides is 1. The summed E-state index contributed by atoms with van der Waals surface area (Å²) in [6.07, 6.45) is 1.33. The van der Waals surface area contributed by atoms with Crippen molar-refractivity contribution >= 4 is 29.4 Å². The summed E-state index contributed by atoms with van der Waals surface area (Å²) < 4.78 is 10.5. The first-order chi connectivity index (χ1) is 12.0. The first-order valence-corrected chi connectivity index (χ1v) is 9.03. The standard InChI is InChI=1S/C18H21NO5S/c1-4-23-15-7-6-13(12(3)20)8-14(15)10-19-16(21)11-25-17(19)9-18(22)24-5-2/h6-9H,4-5,10-11H2,1-3H3/b17-9+. The van der Waals surface area contributed by atoms with Crippen molar-refractivity contribution in [1.29, 1.82) is 0 Å². The molecule has 0 spiro atoms. The summed E-state index contributed by atoms with van der Waals surface area (Å²) in [6, 6.07) is 5.16. The molecule has 134 valence electrons. The number of carbonyl (C=O) groups excluding carboxylic acids is 3. The molecular weight excluding hydrogens is 342 g/mol. The van der Waals surface area contributed by atoms with Gasteiger partial charge in [-0.2, -0.15) is 0 Å². The number of esters is 1. The monoisotopic (exact) mass is 363 g/mol. The number of rotatable bonds is 7. The Bertz CT molecular complexity index is 713. The van der Waals surface area contributed by atoms with E-state index in [9.17, 15) is 14.4 Å². The third kappa shape index (κ3) is 4.85. The number of hydrogen-bond acceptors (Lipinski definition) is 6. The summed E-state index contributed by atoms with van der Waals surface area (Å²) >= 11 is 1.29. The Morgan fingerprint density at radius 3 is 2.68 bits per heavy atom. The van der Waals surface area contributed by atoms with Gasteiger partial charge in [0.05, 0.1) is 36.6 Å². The van der Waals surface area contributed by atoms with Crippen LogP contribution in [0.25, 0.3) is 0 Å². The molecule has 0 unspecified atom stereocenters. The van der Waals surface area contributed by atoms with Crippen LogP contribution in [0.3, 0.4) is 0 Å². The van der Waals surface area contributed by atoms with Gasteiger partial charge in [0.1, 0.15) is 5.75 Å². The fourth-order valence-corrected chi connectivity index (χ4v) is 3.30. The Morgan fingerprint density at radius 2 is 2.04 bits per heavy atom. The first-order valence-electron chi connectivity index (χ1n) is 8.04. The molecule has 7 heteroatoms. The smallest absolute Gasteiger partial charge is 0.333 e. The van der Waals surface area contributed by atoms with E-state index in [0.717, 1.165) is 5.56 Å². The third-order valence-corrected chi connectivity index (χ3v) is 4.56. The van der Waals surface area contributed by atoms with E-state index in [1.165, 1.54) is 29.7 Å². The van der Waals surface area contributed by atoms with Gasteiger partial charge in [-0.3, -0.25) is 9.59 Å². The number of nitrogens with zero attached hydrogens (tertiary/aromatic N) is 1. The molecular formula is C18H21NO5S. The van der Waals surface area contributed by atoms with E-state index >= 15 is 0 Å². The van der Waals surface area contributed by atoms with Gasteiger partial charge in [-0.25, -0.2) is 4.79 Å². The van der Waals surface area contributed by atoms with Crippen molar-refractivity contribution in [1.82, 2.24) is 4.90 Å². The molecule has 1 heterocycles. The number of hydrogen-bond donors (Lipinski definition) is 0. The maximum atomic E-state index is 12.2. The fraction of sp³-hybridized carbons (Fsp3) is 0.389. The minimum Gasteiger partial charge on any atom is -0.494 e. The van der Waals surface area contributed by atoms with Crippen LogP contribution in [0.5, 0.6) is 5.75 Å². The second-order valence-electron chi connectivity index (χ2n) is 5.31. The van der Waals surface area contributed by atoms with Gasteiger partial charge < -0.3 is 14.4 Å². The average Bonchev–Trinajstić information content (AvgIpc) is 2.89. The maximum absolute atomic E-state index is 12.2. The lowest BCUT2D eigenvalue weighted by molar-refractivity contribution is -0.137. The lowest BCUT2D eigenvalue weighted by Crippen LogP contribution is -2.25. The second-order valence-corrected chi connectivity index (χ2v) is 6.31. The molecule has 0 N–H and O–H groups in total. The molecule has 1 amide bonds. The van der Waals surface area contributed by atoms with Crippen LogP contribution in [0.1, 0.15) is 36.7 Å². The van der Waals surface area contributed by atoms with Crippen LogP contribution in [0, 0.1) is 0 Å². The van der Waals surface area contributed by atoms with Gasteiger partial charge in [-0.1, -0.05) is 11.8 Å². The summed E-state index contributed by atoms with van der Waals surface area (Å²) in [5.74, 6) is 0.242. The molecule has 0 saturated carbocycles. The third-order valence-electron chi connectivity index (χ3n) is 3.53. The summed E-state index contributed by atoms with van der Waals surface area (Å²) in [5, 5.41) is 0.541. The van der Waals surface area contributed by atoms with E-state index in [-0.39, 0.29) is 30.6 Å². The Kier molecular flexibility index (Phi) is 6.64.